The van der Waals surface area contributed by atoms with E-state index in [2.05, 4.69) is 10.5 Å². The number of halogens is 1. The largest absolute Gasteiger partial charge is 0.507 e. The molecule has 0 spiro atoms. The minimum absolute atomic E-state index is 0.0113. The number of benzene rings is 3. The summed E-state index contributed by atoms with van der Waals surface area (Å²) in [4.78, 5) is 12.6. The number of phenols is 2. The Morgan fingerprint density at radius 1 is 0.968 bits per heavy atom. The van der Waals surface area contributed by atoms with Gasteiger partial charge in [-0.3, -0.25) is 4.79 Å². The van der Waals surface area contributed by atoms with Crippen molar-refractivity contribution < 1.29 is 23.9 Å². The summed E-state index contributed by atoms with van der Waals surface area (Å²) in [7, 11) is 0. The van der Waals surface area contributed by atoms with E-state index in [1.807, 2.05) is 30.3 Å². The molecular formula is C24H19FN2O4. The summed E-state index contributed by atoms with van der Waals surface area (Å²) in [6, 6.07) is 17.4. The average Bonchev–Trinajstić information content (AvgIpc) is 3.20. The average molecular weight is 418 g/mol. The molecule has 7 heteroatoms. The lowest BCUT2D eigenvalue weighted by Crippen LogP contribution is -2.23. The highest BCUT2D eigenvalue weighted by molar-refractivity contribution is 6.02. The molecule has 0 radical (unpaired) electrons. The molecule has 0 unspecified atom stereocenters. The third-order valence-electron chi connectivity index (χ3n) is 4.82. The van der Waals surface area contributed by atoms with Crippen LogP contribution in [0.2, 0.25) is 0 Å². The van der Waals surface area contributed by atoms with Gasteiger partial charge in [0, 0.05) is 18.2 Å². The van der Waals surface area contributed by atoms with Crippen molar-refractivity contribution in [3.05, 3.63) is 78.2 Å². The van der Waals surface area contributed by atoms with Crippen LogP contribution in [0.3, 0.4) is 0 Å². The van der Waals surface area contributed by atoms with Crippen LogP contribution in [0.5, 0.6) is 11.5 Å². The van der Waals surface area contributed by atoms with Crippen molar-refractivity contribution >= 4 is 5.91 Å². The van der Waals surface area contributed by atoms with E-state index in [0.29, 0.717) is 23.2 Å². The van der Waals surface area contributed by atoms with Crippen molar-refractivity contribution in [3.63, 3.8) is 0 Å². The van der Waals surface area contributed by atoms with E-state index >= 15 is 0 Å². The van der Waals surface area contributed by atoms with Crippen LogP contribution >= 0.6 is 0 Å². The van der Waals surface area contributed by atoms with Crippen molar-refractivity contribution in [2.45, 2.75) is 6.92 Å². The number of phenolic OH excluding ortho intramolecular Hbond substituents is 2. The van der Waals surface area contributed by atoms with Crippen LogP contribution in [-0.4, -0.2) is 27.8 Å². The van der Waals surface area contributed by atoms with Gasteiger partial charge in [-0.15, -0.1) is 0 Å². The van der Waals surface area contributed by atoms with Gasteiger partial charge < -0.3 is 20.1 Å². The number of aromatic hydroxyl groups is 2. The SMILES string of the molecule is CCNC(=O)c1noc(-c2cc(-c3ccccc3)c(O)cc2O)c1-c1ccc(F)cc1. The van der Waals surface area contributed by atoms with Crippen LogP contribution in [-0.2, 0) is 0 Å². The van der Waals surface area contributed by atoms with E-state index in [9.17, 15) is 19.4 Å². The van der Waals surface area contributed by atoms with Gasteiger partial charge in [0.05, 0.1) is 11.1 Å². The zero-order chi connectivity index (χ0) is 22.0. The predicted octanol–water partition coefficient (Wildman–Crippen LogP) is 4.98. The number of aromatic nitrogens is 1. The lowest BCUT2D eigenvalue weighted by molar-refractivity contribution is 0.0947. The van der Waals surface area contributed by atoms with Gasteiger partial charge in [0.25, 0.3) is 5.91 Å². The molecule has 0 atom stereocenters. The second-order valence-electron chi connectivity index (χ2n) is 6.85. The van der Waals surface area contributed by atoms with E-state index < -0.39 is 11.7 Å². The van der Waals surface area contributed by atoms with Gasteiger partial charge >= 0.3 is 0 Å². The molecule has 3 aromatic carbocycles. The lowest BCUT2D eigenvalue weighted by atomic mass is 9.95. The van der Waals surface area contributed by atoms with Gasteiger partial charge in [0.15, 0.2) is 11.5 Å². The predicted molar refractivity (Wildman–Crippen MR) is 114 cm³/mol. The van der Waals surface area contributed by atoms with Crippen molar-refractivity contribution in [2.75, 3.05) is 6.54 Å². The topological polar surface area (TPSA) is 95.6 Å². The second-order valence-corrected chi connectivity index (χ2v) is 6.85. The third-order valence-corrected chi connectivity index (χ3v) is 4.82. The molecular weight excluding hydrogens is 399 g/mol. The first-order chi connectivity index (χ1) is 15.0. The molecule has 6 nitrogen and oxygen atoms in total. The molecule has 31 heavy (non-hydrogen) atoms. The summed E-state index contributed by atoms with van der Waals surface area (Å²) in [5.41, 5.74) is 2.25. The number of hydrogen-bond acceptors (Lipinski definition) is 5. The molecule has 4 rings (SSSR count). The highest BCUT2D eigenvalue weighted by Gasteiger charge is 2.26. The van der Waals surface area contributed by atoms with Gasteiger partial charge in [-0.1, -0.05) is 47.6 Å². The smallest absolute Gasteiger partial charge is 0.274 e. The molecule has 0 fully saturated rings. The van der Waals surface area contributed by atoms with Crippen LogP contribution < -0.4 is 5.32 Å². The fraction of sp³-hybridized carbons (Fsp3) is 0.0833. The monoisotopic (exact) mass is 418 g/mol. The summed E-state index contributed by atoms with van der Waals surface area (Å²) in [5.74, 6) is -1.13. The second kappa shape index (κ2) is 8.31. The number of amides is 1. The Hall–Kier alpha value is -4.13. The van der Waals surface area contributed by atoms with E-state index in [1.165, 1.54) is 30.3 Å². The molecule has 4 aromatic rings. The molecule has 0 bridgehead atoms. The Labute approximate surface area is 177 Å². The van der Waals surface area contributed by atoms with Crippen molar-refractivity contribution in [3.8, 4) is 45.1 Å². The molecule has 0 aliphatic carbocycles. The van der Waals surface area contributed by atoms with Crippen LogP contribution in [0, 0.1) is 5.82 Å². The third kappa shape index (κ3) is 3.85. The molecule has 156 valence electrons. The number of carbonyl (C=O) groups excluding carboxylic acids is 1. The minimum Gasteiger partial charge on any atom is -0.507 e. The van der Waals surface area contributed by atoms with Gasteiger partial charge in [-0.05, 0) is 36.2 Å². The highest BCUT2D eigenvalue weighted by atomic mass is 19.1. The van der Waals surface area contributed by atoms with Crippen LogP contribution in [0.1, 0.15) is 17.4 Å². The zero-order valence-corrected chi connectivity index (χ0v) is 16.6. The van der Waals surface area contributed by atoms with Crippen LogP contribution in [0.15, 0.2) is 71.3 Å². The summed E-state index contributed by atoms with van der Waals surface area (Å²) in [6.07, 6.45) is 0. The molecule has 0 aliphatic rings. The molecule has 3 N–H and O–H groups in total. The number of rotatable bonds is 5. The molecule has 1 heterocycles. The van der Waals surface area contributed by atoms with Crippen molar-refractivity contribution in [1.29, 1.82) is 0 Å². The van der Waals surface area contributed by atoms with Gasteiger partial charge in [0.1, 0.15) is 17.3 Å². The summed E-state index contributed by atoms with van der Waals surface area (Å²) < 4.78 is 19.0. The van der Waals surface area contributed by atoms with Crippen LogP contribution in [0.25, 0.3) is 33.6 Å². The van der Waals surface area contributed by atoms with Gasteiger partial charge in [-0.25, -0.2) is 4.39 Å². The lowest BCUT2D eigenvalue weighted by Gasteiger charge is -2.11. The molecule has 0 saturated carbocycles. The Balaban J connectivity index is 1.94. The molecule has 0 aliphatic heterocycles. The summed E-state index contributed by atoms with van der Waals surface area (Å²) in [5, 5.41) is 27.6. The first kappa shape index (κ1) is 20.2. The fourth-order valence-corrected chi connectivity index (χ4v) is 3.37. The Morgan fingerprint density at radius 3 is 2.32 bits per heavy atom. The maximum absolute atomic E-state index is 13.5. The van der Waals surface area contributed by atoms with Crippen molar-refractivity contribution in [2.24, 2.45) is 0 Å². The maximum atomic E-state index is 13.5. The number of hydrogen-bond donors (Lipinski definition) is 3. The fourth-order valence-electron chi connectivity index (χ4n) is 3.37. The first-order valence-electron chi connectivity index (χ1n) is 9.65. The standard InChI is InChI=1S/C24H19FN2O4/c1-2-26-24(30)22-21(15-8-10-16(25)11-9-15)23(31-27-22)18-12-17(19(28)13-20(18)29)14-6-4-3-5-7-14/h3-13,28-29H,2H2,1H3,(H,26,30). The van der Waals surface area contributed by atoms with E-state index in [4.69, 9.17) is 4.52 Å². The normalized spacial score (nSPS) is 10.8. The first-order valence-corrected chi connectivity index (χ1v) is 9.65. The summed E-state index contributed by atoms with van der Waals surface area (Å²) >= 11 is 0. The minimum atomic E-state index is -0.460. The van der Waals surface area contributed by atoms with E-state index in [-0.39, 0.29) is 28.5 Å². The quantitative estimate of drug-likeness (QED) is 0.425. The molecule has 1 amide bonds. The summed E-state index contributed by atoms with van der Waals surface area (Å²) in [6.45, 7) is 2.15. The van der Waals surface area contributed by atoms with Crippen molar-refractivity contribution in [1.82, 2.24) is 10.5 Å². The van der Waals surface area contributed by atoms with Crippen LogP contribution in [0.4, 0.5) is 4.39 Å². The highest BCUT2D eigenvalue weighted by Crippen LogP contribution is 2.44. The van der Waals surface area contributed by atoms with E-state index in [1.54, 1.807) is 13.0 Å². The Kier molecular flexibility index (Phi) is 5.41. The molecule has 0 saturated heterocycles. The molecule has 1 aromatic heterocycles. The Morgan fingerprint density at radius 2 is 1.65 bits per heavy atom. The number of nitrogens with zero attached hydrogens (tertiary/aromatic N) is 1. The number of carbonyl (C=O) groups is 1. The van der Waals surface area contributed by atoms with Gasteiger partial charge in [0.2, 0.25) is 0 Å². The Bertz CT molecular complexity index is 1230. The maximum Gasteiger partial charge on any atom is 0.274 e. The number of nitrogens with one attached hydrogen (secondary N) is 1. The zero-order valence-electron chi connectivity index (χ0n) is 16.6. The van der Waals surface area contributed by atoms with E-state index in [0.717, 1.165) is 5.56 Å². The van der Waals surface area contributed by atoms with Gasteiger partial charge in [-0.2, -0.15) is 0 Å².